The lowest BCUT2D eigenvalue weighted by molar-refractivity contribution is 0.177. The summed E-state index contributed by atoms with van der Waals surface area (Å²) in [6.45, 7) is 13.5. The third-order valence-electron chi connectivity index (χ3n) is 10.9. The van der Waals surface area contributed by atoms with Gasteiger partial charge in [-0.25, -0.2) is 9.97 Å². The van der Waals surface area contributed by atoms with Crippen LogP contribution < -0.4 is 11.5 Å². The van der Waals surface area contributed by atoms with Crippen molar-refractivity contribution in [2.24, 2.45) is 11.5 Å². The largest absolute Gasteiger partial charge is 0.394 e. The normalized spacial score (nSPS) is 19.5. The minimum absolute atomic E-state index is 0.0850. The van der Waals surface area contributed by atoms with E-state index < -0.39 is 0 Å². The molecule has 0 atom stereocenters. The number of benzene rings is 2. The summed E-state index contributed by atoms with van der Waals surface area (Å²) in [5.74, 6) is 2.54. The Labute approximate surface area is 287 Å². The van der Waals surface area contributed by atoms with Crippen molar-refractivity contribution in [1.82, 2.24) is 28.9 Å². The number of piperidine rings is 2. The molecule has 48 heavy (non-hydrogen) atoms. The third-order valence-corrected chi connectivity index (χ3v) is 10.9. The number of rotatable bonds is 4. The molecule has 2 aromatic carbocycles. The molecule has 8 rings (SSSR count). The number of nitrogens with two attached hydrogens (primary N) is 2. The van der Waals surface area contributed by atoms with Gasteiger partial charge in [-0.15, -0.1) is 0 Å². The Hall–Kier alpha value is -3.34. The van der Waals surface area contributed by atoms with Crippen molar-refractivity contribution < 1.29 is 5.11 Å². The van der Waals surface area contributed by atoms with Gasteiger partial charge in [0.05, 0.1) is 10.8 Å². The van der Waals surface area contributed by atoms with Crippen molar-refractivity contribution in [3.05, 3.63) is 107 Å². The fourth-order valence-corrected chi connectivity index (χ4v) is 8.62. The highest BCUT2D eigenvalue weighted by Gasteiger charge is 2.44. The van der Waals surface area contributed by atoms with Crippen LogP contribution in [0.1, 0.15) is 73.4 Å². The lowest BCUT2D eigenvalue weighted by atomic mass is 9.70. The Balaban J connectivity index is 0.000000151. The van der Waals surface area contributed by atoms with Crippen molar-refractivity contribution in [2.45, 2.75) is 82.4 Å². The van der Waals surface area contributed by atoms with Crippen LogP contribution in [0.2, 0.25) is 0 Å². The first kappa shape index (κ1) is 34.5. The minimum atomic E-state index is -0.167. The Morgan fingerprint density at radius 3 is 1.40 bits per heavy atom. The highest BCUT2D eigenvalue weighted by molar-refractivity contribution is 5.43. The van der Waals surface area contributed by atoms with Crippen molar-refractivity contribution in [1.29, 1.82) is 0 Å². The molecule has 5 N–H and O–H groups in total. The Morgan fingerprint density at radius 1 is 0.646 bits per heavy atom. The summed E-state index contributed by atoms with van der Waals surface area (Å²) >= 11 is 0. The predicted molar refractivity (Wildman–Crippen MR) is 193 cm³/mol. The highest BCUT2D eigenvalue weighted by atomic mass is 16.3. The summed E-state index contributed by atoms with van der Waals surface area (Å²) in [5.41, 5.74) is 17.6. The smallest absolute Gasteiger partial charge is 0.119 e. The molecule has 2 saturated heterocycles. The van der Waals surface area contributed by atoms with Gasteiger partial charge in [-0.1, -0.05) is 48.5 Å². The number of aliphatic hydroxyl groups excluding tert-OH is 1. The zero-order valence-corrected chi connectivity index (χ0v) is 29.1. The van der Waals surface area contributed by atoms with Gasteiger partial charge in [0.1, 0.15) is 11.6 Å². The summed E-state index contributed by atoms with van der Waals surface area (Å²) in [5, 5.41) is 8.06. The molecule has 4 aromatic rings. The van der Waals surface area contributed by atoms with Crippen LogP contribution in [0, 0.1) is 0 Å². The molecule has 0 bridgehead atoms. The standard InChI is InChI=1S/2C18H24N4.C3H8O/c2*19-8-13-21-11-6-18(7-12-21)16-4-2-1-3-15(16)5-10-22-14-9-20-17(18)22;1-3(2)4/h2*1-4,9,14H,5-8,10-13,19H2;3-4H,1-2H3. The van der Waals surface area contributed by atoms with Crippen molar-refractivity contribution in [3.8, 4) is 0 Å². The number of aliphatic hydroxyl groups is 1. The third kappa shape index (κ3) is 7.03. The summed E-state index contributed by atoms with van der Waals surface area (Å²) in [6.07, 6.45) is 14.8. The fraction of sp³-hybridized carbons (Fsp3) is 0.538. The lowest BCUT2D eigenvalue weighted by Gasteiger charge is -2.41. The molecule has 258 valence electrons. The van der Waals surface area contributed by atoms with E-state index in [9.17, 15) is 0 Å². The van der Waals surface area contributed by atoms with Crippen LogP contribution in [0.4, 0.5) is 0 Å². The van der Waals surface area contributed by atoms with E-state index in [1.165, 1.54) is 33.9 Å². The average molecular weight is 653 g/mol. The summed E-state index contributed by atoms with van der Waals surface area (Å²) in [6, 6.07) is 18.0. The van der Waals surface area contributed by atoms with Gasteiger partial charge in [0.15, 0.2) is 0 Å². The van der Waals surface area contributed by atoms with E-state index in [0.29, 0.717) is 0 Å². The number of nitrogens with zero attached hydrogens (tertiary/aromatic N) is 6. The topological polar surface area (TPSA) is 114 Å². The van der Waals surface area contributed by atoms with Gasteiger partial charge in [0, 0.05) is 70.2 Å². The molecule has 2 fully saturated rings. The summed E-state index contributed by atoms with van der Waals surface area (Å²) < 4.78 is 4.75. The SMILES string of the molecule is CC(C)O.NCCN1CCC2(CC1)c1ccccc1CCn1ccnc12.NCCN1CCC2(CC1)c1ccccc1CCn1ccnc12. The molecule has 4 aliphatic heterocycles. The van der Waals surface area contributed by atoms with E-state index in [1.807, 2.05) is 12.4 Å². The molecule has 2 spiro atoms. The molecular formula is C39H56N8O. The molecule has 2 aromatic heterocycles. The Kier molecular flexibility index (Phi) is 11.1. The zero-order valence-electron chi connectivity index (χ0n) is 29.1. The number of hydrogen-bond donors (Lipinski definition) is 3. The van der Waals surface area contributed by atoms with Crippen molar-refractivity contribution >= 4 is 0 Å². The highest BCUT2D eigenvalue weighted by Crippen LogP contribution is 2.45. The Morgan fingerprint density at radius 2 is 1.02 bits per heavy atom. The molecule has 9 heteroatoms. The van der Waals surface area contributed by atoms with Crippen LogP contribution >= 0.6 is 0 Å². The van der Waals surface area contributed by atoms with E-state index in [1.54, 1.807) is 13.8 Å². The van der Waals surface area contributed by atoms with Crippen LogP contribution in [0.3, 0.4) is 0 Å². The lowest BCUT2D eigenvalue weighted by Crippen LogP contribution is -2.45. The maximum Gasteiger partial charge on any atom is 0.119 e. The molecule has 0 saturated carbocycles. The number of likely N-dealkylation sites (tertiary alicyclic amines) is 2. The number of hydrogen-bond acceptors (Lipinski definition) is 7. The van der Waals surface area contributed by atoms with Gasteiger partial charge in [0.25, 0.3) is 0 Å². The predicted octanol–water partition coefficient (Wildman–Crippen LogP) is 3.95. The second-order valence-electron chi connectivity index (χ2n) is 14.2. The molecule has 4 aliphatic rings. The quantitative estimate of drug-likeness (QED) is 0.306. The molecule has 0 unspecified atom stereocenters. The van der Waals surface area contributed by atoms with Crippen LogP contribution in [-0.4, -0.2) is 92.5 Å². The first-order valence-electron chi connectivity index (χ1n) is 18.1. The minimum Gasteiger partial charge on any atom is -0.394 e. The molecule has 9 nitrogen and oxygen atoms in total. The number of aryl methyl sites for hydroxylation is 4. The number of imidazole rings is 2. The average Bonchev–Trinajstić information content (AvgIpc) is 3.74. The fourth-order valence-electron chi connectivity index (χ4n) is 8.62. The van der Waals surface area contributed by atoms with Gasteiger partial charge in [0.2, 0.25) is 0 Å². The van der Waals surface area contributed by atoms with Crippen molar-refractivity contribution in [3.63, 3.8) is 0 Å². The first-order chi connectivity index (χ1) is 23.4. The maximum atomic E-state index is 8.06. The molecule has 0 radical (unpaired) electrons. The van der Waals surface area contributed by atoms with Gasteiger partial charge >= 0.3 is 0 Å². The zero-order chi connectivity index (χ0) is 33.6. The number of fused-ring (bicyclic) bond motifs is 8. The van der Waals surface area contributed by atoms with E-state index in [-0.39, 0.29) is 16.9 Å². The second kappa shape index (κ2) is 15.5. The number of aromatic nitrogens is 4. The van der Waals surface area contributed by atoms with E-state index in [2.05, 4.69) is 79.9 Å². The van der Waals surface area contributed by atoms with Crippen LogP contribution in [0.15, 0.2) is 73.3 Å². The van der Waals surface area contributed by atoms with Gasteiger partial charge in [-0.05, 0) is 101 Å². The molecule has 0 aliphatic carbocycles. The second-order valence-corrected chi connectivity index (χ2v) is 14.2. The monoisotopic (exact) mass is 652 g/mol. The first-order valence-corrected chi connectivity index (χ1v) is 18.1. The van der Waals surface area contributed by atoms with Gasteiger partial charge < -0.3 is 35.5 Å². The van der Waals surface area contributed by atoms with Gasteiger partial charge in [-0.2, -0.15) is 0 Å². The van der Waals surface area contributed by atoms with Crippen LogP contribution in [-0.2, 0) is 36.8 Å². The summed E-state index contributed by atoms with van der Waals surface area (Å²) in [4.78, 5) is 14.6. The Bertz CT molecular complexity index is 1470. The van der Waals surface area contributed by atoms with Crippen LogP contribution in [0.25, 0.3) is 0 Å². The maximum absolute atomic E-state index is 8.06. The van der Waals surface area contributed by atoms with Crippen LogP contribution in [0.5, 0.6) is 0 Å². The summed E-state index contributed by atoms with van der Waals surface area (Å²) in [7, 11) is 0. The molecule has 0 amide bonds. The van der Waals surface area contributed by atoms with E-state index in [4.69, 9.17) is 26.5 Å². The van der Waals surface area contributed by atoms with Crippen molar-refractivity contribution in [2.75, 3.05) is 52.4 Å². The van der Waals surface area contributed by atoms with E-state index >= 15 is 0 Å². The van der Waals surface area contributed by atoms with E-state index in [0.717, 1.165) is 104 Å². The molecular weight excluding hydrogens is 596 g/mol. The molecule has 6 heterocycles. The van der Waals surface area contributed by atoms with Gasteiger partial charge in [-0.3, -0.25) is 0 Å².